The van der Waals surface area contributed by atoms with Gasteiger partial charge in [0.15, 0.2) is 6.61 Å². The van der Waals surface area contributed by atoms with E-state index in [1.807, 2.05) is 24.3 Å². The number of para-hydroxylation sites is 1. The van der Waals surface area contributed by atoms with Crippen molar-refractivity contribution in [3.63, 3.8) is 0 Å². The number of aromatic nitrogens is 1. The average molecular weight is 444 g/mol. The van der Waals surface area contributed by atoms with Crippen LogP contribution in [0.25, 0.3) is 10.9 Å². The second kappa shape index (κ2) is 9.50. The van der Waals surface area contributed by atoms with E-state index in [4.69, 9.17) is 21.1 Å². The molecule has 160 valence electrons. The molecule has 0 aliphatic rings. The lowest BCUT2D eigenvalue weighted by Gasteiger charge is -2.14. The SMILES string of the molecule is COCc1nc2ccccc2c(C)c1C(=O)OCC(=O)Nc1ccc(Cl)c([N+](=O)[O-])c1. The van der Waals surface area contributed by atoms with Crippen LogP contribution in [0.3, 0.4) is 0 Å². The van der Waals surface area contributed by atoms with Gasteiger partial charge in [0.1, 0.15) is 5.02 Å². The number of hydrogen-bond donors (Lipinski definition) is 1. The fraction of sp³-hybridized carbons (Fsp3) is 0.190. The fourth-order valence-electron chi connectivity index (χ4n) is 3.08. The van der Waals surface area contributed by atoms with Crippen LogP contribution in [0.4, 0.5) is 11.4 Å². The molecular weight excluding hydrogens is 426 g/mol. The molecule has 0 aliphatic carbocycles. The van der Waals surface area contributed by atoms with Gasteiger partial charge in [0.05, 0.1) is 28.3 Å². The molecule has 1 aromatic heterocycles. The third kappa shape index (κ3) is 4.96. The number of carbonyl (C=O) groups is 2. The highest BCUT2D eigenvalue weighted by Gasteiger charge is 2.21. The summed E-state index contributed by atoms with van der Waals surface area (Å²) in [6.45, 7) is 1.28. The van der Waals surface area contributed by atoms with E-state index >= 15 is 0 Å². The second-order valence-electron chi connectivity index (χ2n) is 6.56. The molecule has 10 heteroatoms. The highest BCUT2D eigenvalue weighted by atomic mass is 35.5. The van der Waals surface area contributed by atoms with Crippen LogP contribution in [0, 0.1) is 17.0 Å². The number of esters is 1. The van der Waals surface area contributed by atoms with Crippen LogP contribution in [0.2, 0.25) is 5.02 Å². The summed E-state index contributed by atoms with van der Waals surface area (Å²) in [5, 5.41) is 14.1. The normalized spacial score (nSPS) is 10.7. The smallest absolute Gasteiger partial charge is 0.340 e. The van der Waals surface area contributed by atoms with Crippen molar-refractivity contribution in [3.05, 3.63) is 74.4 Å². The van der Waals surface area contributed by atoms with Crippen LogP contribution >= 0.6 is 11.6 Å². The summed E-state index contributed by atoms with van der Waals surface area (Å²) in [6.07, 6.45) is 0. The van der Waals surface area contributed by atoms with Crippen LogP contribution in [-0.4, -0.2) is 35.5 Å². The molecule has 1 heterocycles. The van der Waals surface area contributed by atoms with Gasteiger partial charge < -0.3 is 14.8 Å². The van der Waals surface area contributed by atoms with Crippen LogP contribution in [0.15, 0.2) is 42.5 Å². The Morgan fingerprint density at radius 3 is 2.68 bits per heavy atom. The van der Waals surface area contributed by atoms with Crippen molar-refractivity contribution >= 4 is 45.8 Å². The van der Waals surface area contributed by atoms with Crippen molar-refractivity contribution < 1.29 is 24.0 Å². The van der Waals surface area contributed by atoms with E-state index in [1.165, 1.54) is 19.2 Å². The number of nitro benzene ring substituents is 1. The lowest BCUT2D eigenvalue weighted by molar-refractivity contribution is -0.384. The minimum absolute atomic E-state index is 0.0561. The average Bonchev–Trinajstić information content (AvgIpc) is 2.74. The van der Waals surface area contributed by atoms with Gasteiger partial charge in [0.25, 0.3) is 11.6 Å². The van der Waals surface area contributed by atoms with Crippen LogP contribution in [0.5, 0.6) is 0 Å². The van der Waals surface area contributed by atoms with E-state index < -0.39 is 23.4 Å². The summed E-state index contributed by atoms with van der Waals surface area (Å²) in [5.41, 5.74) is 1.81. The monoisotopic (exact) mass is 443 g/mol. The van der Waals surface area contributed by atoms with Crippen molar-refractivity contribution in [2.24, 2.45) is 0 Å². The first kappa shape index (κ1) is 22.1. The maximum Gasteiger partial charge on any atom is 0.340 e. The molecule has 0 unspecified atom stereocenters. The Morgan fingerprint density at radius 1 is 1.23 bits per heavy atom. The van der Waals surface area contributed by atoms with Gasteiger partial charge in [-0.15, -0.1) is 0 Å². The Morgan fingerprint density at radius 2 is 1.97 bits per heavy atom. The molecule has 9 nitrogen and oxygen atoms in total. The Labute approximate surface area is 182 Å². The number of benzene rings is 2. The van der Waals surface area contributed by atoms with Gasteiger partial charge >= 0.3 is 5.97 Å². The van der Waals surface area contributed by atoms with Crippen molar-refractivity contribution in [2.75, 3.05) is 19.0 Å². The predicted molar refractivity (Wildman–Crippen MR) is 114 cm³/mol. The number of hydrogen-bond acceptors (Lipinski definition) is 7. The third-order valence-corrected chi connectivity index (χ3v) is 4.79. The number of ether oxygens (including phenoxy) is 2. The Balaban J connectivity index is 1.76. The van der Waals surface area contributed by atoms with Crippen LogP contribution in [-0.2, 0) is 20.9 Å². The van der Waals surface area contributed by atoms with Gasteiger partial charge in [-0.1, -0.05) is 29.8 Å². The minimum atomic E-state index is -0.722. The molecule has 1 N–H and O–H groups in total. The zero-order valence-electron chi connectivity index (χ0n) is 16.7. The Kier molecular flexibility index (Phi) is 6.78. The number of anilines is 1. The van der Waals surface area contributed by atoms with Crippen LogP contribution < -0.4 is 5.32 Å². The van der Waals surface area contributed by atoms with Gasteiger partial charge in [-0.05, 0) is 30.7 Å². The van der Waals surface area contributed by atoms with E-state index in [0.717, 1.165) is 11.5 Å². The Hall–Kier alpha value is -3.56. The van der Waals surface area contributed by atoms with E-state index in [0.29, 0.717) is 16.8 Å². The number of nitrogens with zero attached hydrogens (tertiary/aromatic N) is 2. The molecule has 3 aromatic rings. The first-order valence-corrected chi connectivity index (χ1v) is 9.47. The summed E-state index contributed by atoms with van der Waals surface area (Å²) in [6, 6.07) is 11.2. The number of nitrogens with one attached hydrogen (secondary N) is 1. The quantitative estimate of drug-likeness (QED) is 0.332. The number of pyridine rings is 1. The summed E-state index contributed by atoms with van der Waals surface area (Å²) >= 11 is 5.76. The van der Waals surface area contributed by atoms with Gasteiger partial charge in [0, 0.05) is 24.2 Å². The van der Waals surface area contributed by atoms with Crippen molar-refractivity contribution in [3.8, 4) is 0 Å². The number of rotatable bonds is 7. The highest BCUT2D eigenvalue weighted by molar-refractivity contribution is 6.32. The number of aryl methyl sites for hydroxylation is 1. The molecule has 1 amide bonds. The molecule has 31 heavy (non-hydrogen) atoms. The van der Waals surface area contributed by atoms with Crippen LogP contribution in [0.1, 0.15) is 21.6 Å². The molecule has 0 aliphatic heterocycles. The zero-order valence-corrected chi connectivity index (χ0v) is 17.4. The van der Waals surface area contributed by atoms with Gasteiger partial charge in [-0.3, -0.25) is 14.9 Å². The maximum absolute atomic E-state index is 12.7. The topological polar surface area (TPSA) is 121 Å². The van der Waals surface area contributed by atoms with Crippen molar-refractivity contribution in [1.82, 2.24) is 4.98 Å². The van der Waals surface area contributed by atoms with Gasteiger partial charge in [0.2, 0.25) is 0 Å². The molecule has 0 fully saturated rings. The number of fused-ring (bicyclic) bond motifs is 1. The number of nitro groups is 1. The maximum atomic E-state index is 12.7. The standard InChI is InChI=1S/C21H18ClN3O6/c1-12-14-5-3-4-6-16(14)24-17(10-30-2)20(12)21(27)31-11-19(26)23-13-7-8-15(22)18(9-13)25(28)29/h3-9H,10-11H2,1-2H3,(H,23,26). The molecule has 0 radical (unpaired) electrons. The van der Waals surface area contributed by atoms with Crippen molar-refractivity contribution in [2.45, 2.75) is 13.5 Å². The zero-order chi connectivity index (χ0) is 22.5. The summed E-state index contributed by atoms with van der Waals surface area (Å²) in [4.78, 5) is 39.7. The molecular formula is C21H18ClN3O6. The lowest BCUT2D eigenvalue weighted by atomic mass is 10.0. The molecule has 0 bridgehead atoms. The summed E-state index contributed by atoms with van der Waals surface area (Å²) in [7, 11) is 1.49. The van der Waals surface area contributed by atoms with E-state index in [1.54, 1.807) is 6.92 Å². The van der Waals surface area contributed by atoms with E-state index in [-0.39, 0.29) is 28.6 Å². The van der Waals surface area contributed by atoms with Gasteiger partial charge in [-0.25, -0.2) is 9.78 Å². The number of halogens is 1. The van der Waals surface area contributed by atoms with Gasteiger partial charge in [-0.2, -0.15) is 0 Å². The van der Waals surface area contributed by atoms with E-state index in [9.17, 15) is 19.7 Å². The molecule has 0 atom stereocenters. The first-order chi connectivity index (χ1) is 14.8. The minimum Gasteiger partial charge on any atom is -0.452 e. The summed E-state index contributed by atoms with van der Waals surface area (Å²) < 4.78 is 10.3. The molecule has 0 saturated heterocycles. The first-order valence-electron chi connectivity index (χ1n) is 9.10. The number of carbonyl (C=O) groups excluding carboxylic acids is 2. The molecule has 0 saturated carbocycles. The predicted octanol–water partition coefficient (Wildman–Crippen LogP) is 4.05. The highest BCUT2D eigenvalue weighted by Crippen LogP contribution is 2.27. The van der Waals surface area contributed by atoms with Crippen molar-refractivity contribution in [1.29, 1.82) is 0 Å². The third-order valence-electron chi connectivity index (χ3n) is 4.47. The molecule has 2 aromatic carbocycles. The molecule has 3 rings (SSSR count). The number of methoxy groups -OCH3 is 1. The largest absolute Gasteiger partial charge is 0.452 e. The fourth-order valence-corrected chi connectivity index (χ4v) is 3.27. The van der Waals surface area contributed by atoms with E-state index in [2.05, 4.69) is 10.3 Å². The summed E-state index contributed by atoms with van der Waals surface area (Å²) in [5.74, 6) is -1.38. The lowest BCUT2D eigenvalue weighted by Crippen LogP contribution is -2.22. The Bertz CT molecular complexity index is 1180. The second-order valence-corrected chi connectivity index (χ2v) is 6.96. The number of amides is 1. The molecule has 0 spiro atoms.